The number of aliphatic hydroxyl groups excluding tert-OH is 1. The van der Waals surface area contributed by atoms with E-state index in [1.54, 1.807) is 9.58 Å². The van der Waals surface area contributed by atoms with Crippen LogP contribution in [0.25, 0.3) is 0 Å². The fraction of sp³-hybridized carbons (Fsp3) is 0.300. The third-order valence-corrected chi connectivity index (χ3v) is 5.07. The molecule has 0 radical (unpaired) electrons. The molecule has 1 aliphatic heterocycles. The van der Waals surface area contributed by atoms with E-state index in [0.29, 0.717) is 30.8 Å². The third kappa shape index (κ3) is 3.50. The Balaban J connectivity index is 1.64. The number of benzene rings is 2. The van der Waals surface area contributed by atoms with Crippen LogP contribution >= 0.6 is 0 Å². The van der Waals surface area contributed by atoms with Crippen molar-refractivity contribution >= 4 is 5.91 Å². The molecular formula is C20H20FN5O2. The van der Waals surface area contributed by atoms with Crippen LogP contribution in [-0.4, -0.2) is 48.8 Å². The van der Waals surface area contributed by atoms with E-state index in [4.69, 9.17) is 0 Å². The number of carbonyl (C=O) groups is 1. The highest BCUT2D eigenvalue weighted by Gasteiger charge is 2.40. The van der Waals surface area contributed by atoms with Gasteiger partial charge in [-0.05, 0) is 53.1 Å². The molecule has 7 nitrogen and oxygen atoms in total. The van der Waals surface area contributed by atoms with Crippen molar-refractivity contribution in [3.05, 3.63) is 77.4 Å². The maximum atomic E-state index is 13.2. The van der Waals surface area contributed by atoms with E-state index in [2.05, 4.69) is 15.5 Å². The second-order valence-electron chi connectivity index (χ2n) is 6.83. The molecule has 1 N–H and O–H groups in total. The topological polar surface area (TPSA) is 84.1 Å². The zero-order chi connectivity index (χ0) is 19.5. The number of aliphatic hydroxyl groups is 1. The molecule has 3 aromatic rings. The van der Waals surface area contributed by atoms with E-state index >= 15 is 0 Å². The Kier molecular flexibility index (Phi) is 5.12. The minimum Gasteiger partial charge on any atom is -0.394 e. The summed E-state index contributed by atoms with van der Waals surface area (Å²) in [6.45, 7) is 0.339. The first-order chi connectivity index (χ1) is 13.7. The van der Waals surface area contributed by atoms with Crippen molar-refractivity contribution in [2.24, 2.45) is 0 Å². The third-order valence-electron chi connectivity index (χ3n) is 5.07. The molecule has 2 heterocycles. The smallest absolute Gasteiger partial charge is 0.254 e. The highest BCUT2D eigenvalue weighted by Crippen LogP contribution is 2.36. The minimum atomic E-state index is -0.403. The lowest BCUT2D eigenvalue weighted by Gasteiger charge is -2.29. The zero-order valence-electron chi connectivity index (χ0n) is 15.1. The minimum absolute atomic E-state index is 0.149. The summed E-state index contributed by atoms with van der Waals surface area (Å²) in [6.07, 6.45) is 1.29. The Morgan fingerprint density at radius 2 is 1.86 bits per heavy atom. The van der Waals surface area contributed by atoms with Gasteiger partial charge in [0.05, 0.1) is 25.2 Å². The van der Waals surface area contributed by atoms with E-state index < -0.39 is 5.82 Å². The van der Waals surface area contributed by atoms with Gasteiger partial charge in [0.1, 0.15) is 5.82 Å². The average molecular weight is 381 g/mol. The van der Waals surface area contributed by atoms with Gasteiger partial charge in [0.15, 0.2) is 5.82 Å². The predicted octanol–water partition coefficient (Wildman–Crippen LogP) is 2.20. The van der Waals surface area contributed by atoms with Gasteiger partial charge in [0, 0.05) is 5.56 Å². The number of carbonyl (C=O) groups excluding carboxylic acids is 1. The molecule has 0 aliphatic carbocycles. The number of hydrogen-bond acceptors (Lipinski definition) is 5. The van der Waals surface area contributed by atoms with Gasteiger partial charge in [-0.25, -0.2) is 9.07 Å². The first kappa shape index (κ1) is 18.2. The van der Waals surface area contributed by atoms with Crippen LogP contribution in [0.3, 0.4) is 0 Å². The first-order valence-electron chi connectivity index (χ1n) is 9.16. The highest BCUT2D eigenvalue weighted by molar-refractivity contribution is 5.94. The molecule has 8 heteroatoms. The highest BCUT2D eigenvalue weighted by atomic mass is 19.1. The summed E-state index contributed by atoms with van der Waals surface area (Å²) in [5.74, 6) is -0.0916. The van der Waals surface area contributed by atoms with Crippen LogP contribution in [0, 0.1) is 5.82 Å². The Labute approximate surface area is 161 Å². The maximum Gasteiger partial charge on any atom is 0.254 e. The van der Waals surface area contributed by atoms with E-state index in [0.717, 1.165) is 5.56 Å². The number of aromatic nitrogens is 4. The second kappa shape index (κ2) is 7.85. The van der Waals surface area contributed by atoms with Crippen molar-refractivity contribution in [1.29, 1.82) is 0 Å². The molecule has 144 valence electrons. The SMILES string of the molecule is O=C(c1ccc(F)cc1)N1[C@H](CO)CC[C@H]1c1nnnn1Cc1ccccc1. The Morgan fingerprint density at radius 1 is 1.11 bits per heavy atom. The number of nitrogens with zero attached hydrogens (tertiary/aromatic N) is 5. The lowest BCUT2D eigenvalue weighted by molar-refractivity contribution is 0.0582. The molecule has 1 saturated heterocycles. The van der Waals surface area contributed by atoms with Gasteiger partial charge in [-0.2, -0.15) is 0 Å². The normalized spacial score (nSPS) is 19.1. The molecule has 1 aliphatic rings. The van der Waals surface area contributed by atoms with Crippen LogP contribution in [-0.2, 0) is 6.54 Å². The number of likely N-dealkylation sites (tertiary alicyclic amines) is 1. The van der Waals surface area contributed by atoms with Crippen molar-refractivity contribution < 1.29 is 14.3 Å². The molecule has 0 saturated carbocycles. The van der Waals surface area contributed by atoms with Crippen LogP contribution in [0.4, 0.5) is 4.39 Å². The van der Waals surface area contributed by atoms with Crippen molar-refractivity contribution in [2.45, 2.75) is 31.5 Å². The molecule has 1 aromatic heterocycles. The quantitative estimate of drug-likeness (QED) is 0.732. The molecule has 1 amide bonds. The molecule has 1 fully saturated rings. The monoisotopic (exact) mass is 381 g/mol. The number of hydrogen-bond donors (Lipinski definition) is 1. The summed E-state index contributed by atoms with van der Waals surface area (Å²) < 4.78 is 14.9. The van der Waals surface area contributed by atoms with Crippen LogP contribution < -0.4 is 0 Å². The number of halogens is 1. The number of rotatable bonds is 5. The van der Waals surface area contributed by atoms with Crippen LogP contribution in [0.15, 0.2) is 54.6 Å². The maximum absolute atomic E-state index is 13.2. The molecule has 2 atom stereocenters. The first-order valence-corrected chi connectivity index (χ1v) is 9.16. The predicted molar refractivity (Wildman–Crippen MR) is 98.8 cm³/mol. The fourth-order valence-electron chi connectivity index (χ4n) is 3.68. The summed E-state index contributed by atoms with van der Waals surface area (Å²) in [5, 5.41) is 21.8. The molecule has 2 aromatic carbocycles. The fourth-order valence-corrected chi connectivity index (χ4v) is 3.68. The van der Waals surface area contributed by atoms with Gasteiger partial charge >= 0.3 is 0 Å². The summed E-state index contributed by atoms with van der Waals surface area (Å²) in [4.78, 5) is 14.7. The zero-order valence-corrected chi connectivity index (χ0v) is 15.1. The Morgan fingerprint density at radius 3 is 2.57 bits per heavy atom. The van der Waals surface area contributed by atoms with Crippen LogP contribution in [0.1, 0.15) is 40.6 Å². The lowest BCUT2D eigenvalue weighted by atomic mass is 10.1. The number of amides is 1. The van der Waals surface area contributed by atoms with Gasteiger partial charge in [0.2, 0.25) is 0 Å². The standard InChI is InChI=1S/C20H20FN5O2/c21-16-8-6-15(7-9-16)20(28)26-17(13-27)10-11-18(26)19-22-23-24-25(19)12-14-4-2-1-3-5-14/h1-9,17-18,27H,10-13H2/t17-,18-/m0/s1. The Bertz CT molecular complexity index is 945. The van der Waals surface area contributed by atoms with Crippen LogP contribution in [0.5, 0.6) is 0 Å². The molecule has 0 bridgehead atoms. The van der Waals surface area contributed by atoms with E-state index in [1.165, 1.54) is 24.3 Å². The Hall–Kier alpha value is -3.13. The largest absolute Gasteiger partial charge is 0.394 e. The van der Waals surface area contributed by atoms with Gasteiger partial charge in [-0.3, -0.25) is 4.79 Å². The lowest BCUT2D eigenvalue weighted by Crippen LogP contribution is -2.40. The van der Waals surface area contributed by atoms with Crippen molar-refractivity contribution in [2.75, 3.05) is 6.61 Å². The summed E-state index contributed by atoms with van der Waals surface area (Å²) in [6, 6.07) is 14.5. The summed E-state index contributed by atoms with van der Waals surface area (Å²) in [5.41, 5.74) is 1.41. The average Bonchev–Trinajstić information content (AvgIpc) is 3.35. The van der Waals surface area contributed by atoms with Gasteiger partial charge in [-0.15, -0.1) is 5.10 Å². The molecule has 0 unspecified atom stereocenters. The number of tetrazole rings is 1. The van der Waals surface area contributed by atoms with Crippen LogP contribution in [0.2, 0.25) is 0 Å². The second-order valence-corrected chi connectivity index (χ2v) is 6.83. The van der Waals surface area contributed by atoms with E-state index in [-0.39, 0.29) is 24.6 Å². The van der Waals surface area contributed by atoms with E-state index in [1.807, 2.05) is 30.3 Å². The molecule has 4 rings (SSSR count). The van der Waals surface area contributed by atoms with Crippen molar-refractivity contribution in [3.8, 4) is 0 Å². The van der Waals surface area contributed by atoms with Gasteiger partial charge in [-0.1, -0.05) is 30.3 Å². The van der Waals surface area contributed by atoms with Crippen molar-refractivity contribution in [3.63, 3.8) is 0 Å². The van der Waals surface area contributed by atoms with Gasteiger partial charge in [0.25, 0.3) is 5.91 Å². The molecular weight excluding hydrogens is 361 g/mol. The summed E-state index contributed by atoms with van der Waals surface area (Å²) in [7, 11) is 0. The summed E-state index contributed by atoms with van der Waals surface area (Å²) >= 11 is 0. The van der Waals surface area contributed by atoms with E-state index in [9.17, 15) is 14.3 Å². The van der Waals surface area contributed by atoms with Gasteiger partial charge < -0.3 is 10.0 Å². The van der Waals surface area contributed by atoms with Crippen molar-refractivity contribution in [1.82, 2.24) is 25.1 Å². The molecule has 0 spiro atoms. The molecule has 28 heavy (non-hydrogen) atoms.